The van der Waals surface area contributed by atoms with Gasteiger partial charge in [0.1, 0.15) is 0 Å². The van der Waals surface area contributed by atoms with Gasteiger partial charge in [0, 0.05) is 16.5 Å². The highest BCUT2D eigenvalue weighted by molar-refractivity contribution is 8.01. The van der Waals surface area contributed by atoms with Crippen LogP contribution in [0.3, 0.4) is 0 Å². The Morgan fingerprint density at radius 1 is 1.47 bits per heavy atom. The van der Waals surface area contributed by atoms with Gasteiger partial charge >= 0.3 is 0 Å². The van der Waals surface area contributed by atoms with Gasteiger partial charge < -0.3 is 11.1 Å². The van der Waals surface area contributed by atoms with Crippen molar-refractivity contribution in [2.45, 2.75) is 51.4 Å². The Kier molecular flexibility index (Phi) is 3.41. The normalized spacial score (nSPS) is 30.1. The summed E-state index contributed by atoms with van der Waals surface area (Å²) in [5, 5.41) is 3.36. The number of rotatable bonds is 3. The molecule has 0 aromatic heterocycles. The van der Waals surface area contributed by atoms with Crippen molar-refractivity contribution in [2.75, 3.05) is 5.75 Å². The molecule has 0 aliphatic carbocycles. The highest BCUT2D eigenvalue weighted by Crippen LogP contribution is 2.48. The zero-order chi connectivity index (χ0) is 11.9. The van der Waals surface area contributed by atoms with E-state index in [0.717, 1.165) is 5.75 Å². The Labute approximate surface area is 96.6 Å². The number of amides is 1. The van der Waals surface area contributed by atoms with Gasteiger partial charge in [0.25, 0.3) is 0 Å². The van der Waals surface area contributed by atoms with Crippen molar-refractivity contribution in [2.24, 2.45) is 11.1 Å². The van der Waals surface area contributed by atoms with Gasteiger partial charge in [-0.15, -0.1) is 0 Å². The molecule has 1 amide bonds. The van der Waals surface area contributed by atoms with Crippen LogP contribution in [0.25, 0.3) is 0 Å². The van der Waals surface area contributed by atoms with Crippen LogP contribution in [-0.2, 0) is 4.79 Å². The number of thioether (sulfide) groups is 1. The molecule has 0 saturated carbocycles. The summed E-state index contributed by atoms with van der Waals surface area (Å²) < 4.78 is 0.160. The summed E-state index contributed by atoms with van der Waals surface area (Å²) in [6.45, 7) is 10.7. The third-order valence-electron chi connectivity index (χ3n) is 3.14. The Hall–Kier alpha value is -0.220. The maximum Gasteiger partial charge on any atom is 0.234 e. The van der Waals surface area contributed by atoms with Crippen LogP contribution in [-0.4, -0.2) is 28.5 Å². The molecule has 15 heavy (non-hydrogen) atoms. The predicted molar refractivity (Wildman–Crippen MR) is 65.9 cm³/mol. The van der Waals surface area contributed by atoms with Crippen molar-refractivity contribution in [3.8, 4) is 0 Å². The maximum atomic E-state index is 11.1. The quantitative estimate of drug-likeness (QED) is 0.770. The molecule has 0 aromatic carbocycles. The minimum absolute atomic E-state index is 0.160. The third-order valence-corrected chi connectivity index (χ3v) is 5.00. The van der Waals surface area contributed by atoms with E-state index in [-0.39, 0.29) is 22.1 Å². The smallest absolute Gasteiger partial charge is 0.234 e. The Bertz CT molecular complexity index is 247. The Balaban J connectivity index is 2.77. The molecule has 1 unspecified atom stereocenters. The number of hydrogen-bond acceptors (Lipinski definition) is 3. The fraction of sp³-hybridized carbons (Fsp3) is 0.909. The highest BCUT2D eigenvalue weighted by Gasteiger charge is 2.48. The summed E-state index contributed by atoms with van der Waals surface area (Å²) in [6.07, 6.45) is 0. The average molecular weight is 230 g/mol. The van der Waals surface area contributed by atoms with Crippen molar-refractivity contribution in [1.82, 2.24) is 5.32 Å². The second-order valence-electron chi connectivity index (χ2n) is 5.60. The maximum absolute atomic E-state index is 11.1. The molecule has 3 N–H and O–H groups in total. The van der Waals surface area contributed by atoms with E-state index in [1.165, 1.54) is 0 Å². The summed E-state index contributed by atoms with van der Waals surface area (Å²) in [7, 11) is 0. The van der Waals surface area contributed by atoms with E-state index in [9.17, 15) is 4.79 Å². The van der Waals surface area contributed by atoms with Crippen LogP contribution >= 0.6 is 11.8 Å². The average Bonchev–Trinajstić information content (AvgIpc) is 2.28. The van der Waals surface area contributed by atoms with E-state index in [1.807, 2.05) is 18.7 Å². The zero-order valence-electron chi connectivity index (χ0n) is 10.3. The second kappa shape index (κ2) is 3.98. The molecular formula is C11H22N2OS. The molecule has 0 spiro atoms. The molecule has 1 heterocycles. The van der Waals surface area contributed by atoms with Crippen molar-refractivity contribution in [3.63, 3.8) is 0 Å². The van der Waals surface area contributed by atoms with Crippen LogP contribution in [0.15, 0.2) is 0 Å². The first-order valence-corrected chi connectivity index (χ1v) is 6.35. The fourth-order valence-electron chi connectivity index (χ4n) is 2.24. The topological polar surface area (TPSA) is 55.1 Å². The number of hydrogen-bond donors (Lipinski definition) is 2. The first-order valence-electron chi connectivity index (χ1n) is 5.36. The van der Waals surface area contributed by atoms with E-state index >= 15 is 0 Å². The molecule has 1 aliphatic rings. The summed E-state index contributed by atoms with van der Waals surface area (Å²) in [5.41, 5.74) is 5.49. The minimum atomic E-state index is -0.279. The summed E-state index contributed by atoms with van der Waals surface area (Å²) in [4.78, 5) is 11.1. The zero-order valence-corrected chi connectivity index (χ0v) is 11.1. The Morgan fingerprint density at radius 2 is 2.00 bits per heavy atom. The van der Waals surface area contributed by atoms with Crippen LogP contribution in [0.1, 0.15) is 34.6 Å². The monoisotopic (exact) mass is 230 g/mol. The summed E-state index contributed by atoms with van der Waals surface area (Å²) in [5.74, 6) is 0.835. The van der Waals surface area contributed by atoms with E-state index < -0.39 is 0 Å². The summed E-state index contributed by atoms with van der Waals surface area (Å²) >= 11 is 1.95. The van der Waals surface area contributed by atoms with Gasteiger partial charge in [-0.1, -0.05) is 13.8 Å². The van der Waals surface area contributed by atoms with Gasteiger partial charge in [0.15, 0.2) is 0 Å². The number of primary amides is 1. The molecule has 1 saturated heterocycles. The van der Waals surface area contributed by atoms with Crippen LogP contribution in [0.4, 0.5) is 0 Å². The molecule has 3 nitrogen and oxygen atoms in total. The minimum Gasteiger partial charge on any atom is -0.368 e. The molecule has 2 atom stereocenters. The SMILES string of the molecule is C[C@@H](NC1C(C)(C)CSC1(C)C)C(N)=O. The lowest BCUT2D eigenvalue weighted by Gasteiger charge is -2.36. The van der Waals surface area contributed by atoms with Crippen molar-refractivity contribution in [3.05, 3.63) is 0 Å². The third kappa shape index (κ3) is 2.67. The lowest BCUT2D eigenvalue weighted by molar-refractivity contribution is -0.120. The number of carbonyl (C=O) groups excluding carboxylic acids is 1. The first kappa shape index (κ1) is 12.8. The molecule has 0 aromatic rings. The van der Waals surface area contributed by atoms with E-state index in [1.54, 1.807) is 0 Å². The van der Waals surface area contributed by atoms with E-state index in [0.29, 0.717) is 6.04 Å². The molecule has 1 fully saturated rings. The first-order chi connectivity index (χ1) is 6.67. The van der Waals surface area contributed by atoms with Gasteiger partial charge in [-0.2, -0.15) is 11.8 Å². The molecule has 0 radical (unpaired) electrons. The molecule has 4 heteroatoms. The molecule has 0 bridgehead atoms. The summed E-state index contributed by atoms with van der Waals surface area (Å²) in [6, 6.07) is 0.0600. The molecule has 88 valence electrons. The van der Waals surface area contributed by atoms with Gasteiger partial charge in [0.2, 0.25) is 5.91 Å². The molecular weight excluding hydrogens is 208 g/mol. The Morgan fingerprint density at radius 3 is 2.33 bits per heavy atom. The highest BCUT2D eigenvalue weighted by atomic mass is 32.2. The number of nitrogens with one attached hydrogen (secondary N) is 1. The van der Waals surface area contributed by atoms with Crippen molar-refractivity contribution >= 4 is 17.7 Å². The van der Waals surface area contributed by atoms with Crippen LogP contribution < -0.4 is 11.1 Å². The van der Waals surface area contributed by atoms with Crippen molar-refractivity contribution in [1.29, 1.82) is 0 Å². The molecule has 1 aliphatic heterocycles. The second-order valence-corrected chi connectivity index (χ2v) is 7.23. The van der Waals surface area contributed by atoms with Gasteiger partial charge in [-0.05, 0) is 26.2 Å². The molecule has 1 rings (SSSR count). The largest absolute Gasteiger partial charge is 0.368 e. The lowest BCUT2D eigenvalue weighted by Crippen LogP contribution is -2.55. The van der Waals surface area contributed by atoms with Crippen LogP contribution in [0.2, 0.25) is 0 Å². The predicted octanol–water partition coefficient (Wildman–Crippen LogP) is 1.37. The van der Waals surface area contributed by atoms with Gasteiger partial charge in [-0.3, -0.25) is 4.79 Å². The van der Waals surface area contributed by atoms with Crippen LogP contribution in [0, 0.1) is 5.41 Å². The van der Waals surface area contributed by atoms with E-state index in [2.05, 4.69) is 33.0 Å². The standard InChI is InChI=1S/C11H22N2OS/c1-7(8(12)14)13-9-10(2,3)6-15-11(9,4)5/h7,9,13H,6H2,1-5H3,(H2,12,14)/t7-,9?/m1/s1. The number of carbonyl (C=O) groups is 1. The van der Waals surface area contributed by atoms with E-state index in [4.69, 9.17) is 5.73 Å². The van der Waals surface area contributed by atoms with Gasteiger partial charge in [0.05, 0.1) is 6.04 Å². The fourth-order valence-corrected chi connectivity index (χ4v) is 3.70. The van der Waals surface area contributed by atoms with Gasteiger partial charge in [-0.25, -0.2) is 0 Å². The van der Waals surface area contributed by atoms with Crippen LogP contribution in [0.5, 0.6) is 0 Å². The lowest BCUT2D eigenvalue weighted by atomic mass is 9.80. The van der Waals surface area contributed by atoms with Crippen molar-refractivity contribution < 1.29 is 4.79 Å². The number of nitrogens with two attached hydrogens (primary N) is 1.